The second-order valence-corrected chi connectivity index (χ2v) is 2.47. The summed E-state index contributed by atoms with van der Waals surface area (Å²) in [5.41, 5.74) is 15.4. The van der Waals surface area contributed by atoms with Gasteiger partial charge in [-0.15, -0.1) is 0 Å². The van der Waals surface area contributed by atoms with Crippen molar-refractivity contribution in [1.29, 1.82) is 0 Å². The van der Waals surface area contributed by atoms with E-state index < -0.39 is 0 Å². The van der Waals surface area contributed by atoms with E-state index in [0.29, 0.717) is 13.2 Å². The van der Waals surface area contributed by atoms with E-state index in [1.54, 1.807) is 0 Å². The molecule has 0 saturated carbocycles. The number of aliphatic hydroxyl groups excluding tert-OH is 2. The summed E-state index contributed by atoms with van der Waals surface area (Å²) in [6.07, 6.45) is 0. The lowest BCUT2D eigenvalue weighted by atomic mass is 10.7. The zero-order valence-corrected chi connectivity index (χ0v) is 9.82. The lowest BCUT2D eigenvalue weighted by Gasteiger charge is -1.94. The van der Waals surface area contributed by atoms with Crippen molar-refractivity contribution in [3.05, 3.63) is 0 Å². The van der Waals surface area contributed by atoms with Crippen LogP contribution in [0.5, 0.6) is 0 Å². The third-order valence-corrected chi connectivity index (χ3v) is 1.16. The highest BCUT2D eigenvalue weighted by Gasteiger charge is 1.93. The van der Waals surface area contributed by atoms with Crippen molar-refractivity contribution in [3.8, 4) is 0 Å². The van der Waals surface area contributed by atoms with Gasteiger partial charge in [0.1, 0.15) is 6.79 Å². The summed E-state index contributed by atoms with van der Waals surface area (Å²) in [4.78, 5) is 18.5. The van der Waals surface area contributed by atoms with Gasteiger partial charge in [0.2, 0.25) is 17.8 Å². The molecule has 0 amide bonds. The molecule has 1 aromatic rings. The van der Waals surface area contributed by atoms with Crippen LogP contribution < -0.4 is 17.2 Å². The number of nitrogen functional groups attached to an aromatic ring is 3. The summed E-state index contributed by atoms with van der Waals surface area (Å²) < 4.78 is 4.63. The van der Waals surface area contributed by atoms with Gasteiger partial charge in [0.15, 0.2) is 0 Å². The van der Waals surface area contributed by atoms with Crippen molar-refractivity contribution < 1.29 is 19.7 Å². The van der Waals surface area contributed by atoms with Crippen LogP contribution in [0.1, 0.15) is 0 Å². The molecule has 104 valence electrons. The fraction of sp³-hybridized carbons (Fsp3) is 0.500. The summed E-state index contributed by atoms with van der Waals surface area (Å²) in [6, 6.07) is 0. The van der Waals surface area contributed by atoms with Gasteiger partial charge >= 0.3 is 0 Å². The number of nitrogens with zero attached hydrogens (tertiary/aromatic N) is 3. The first-order valence-electron chi connectivity index (χ1n) is 4.71. The van der Waals surface area contributed by atoms with Crippen LogP contribution in [-0.4, -0.2) is 58.4 Å². The number of ether oxygens (including phenoxy) is 1. The molecule has 10 nitrogen and oxygen atoms in total. The molecule has 10 heteroatoms. The molecule has 0 aliphatic heterocycles. The van der Waals surface area contributed by atoms with Crippen LogP contribution in [0, 0.1) is 0 Å². The lowest BCUT2D eigenvalue weighted by Crippen LogP contribution is -2.05. The Morgan fingerprint density at radius 1 is 0.889 bits per heavy atom. The van der Waals surface area contributed by atoms with Crippen LogP contribution in [0.25, 0.3) is 0 Å². The smallest absolute Gasteiger partial charge is 0.226 e. The molecule has 8 N–H and O–H groups in total. The van der Waals surface area contributed by atoms with Gasteiger partial charge in [-0.2, -0.15) is 15.0 Å². The standard InChI is InChI=1S/C4H10O3.C3H6N6.CH2O/c5-1-3-7-4-2-6;4-1-7-2(5)9-3(6)8-1;1-2/h5-6H,1-4H2;(H6,4,5,6,7,8,9);1H2. The predicted octanol–water partition coefficient (Wildman–Crippen LogP) is -2.58. The number of rotatable bonds is 4. The second-order valence-electron chi connectivity index (χ2n) is 2.47. The van der Waals surface area contributed by atoms with Crippen LogP contribution in [0.3, 0.4) is 0 Å². The Balaban J connectivity index is 0. The van der Waals surface area contributed by atoms with Crippen LogP contribution in [-0.2, 0) is 9.53 Å². The van der Waals surface area contributed by atoms with Crippen molar-refractivity contribution in [1.82, 2.24) is 15.0 Å². The summed E-state index contributed by atoms with van der Waals surface area (Å²) in [5.74, 6) is 0.125. The molecule has 0 atom stereocenters. The average Bonchev–Trinajstić information content (AvgIpc) is 2.31. The normalized spacial score (nSPS) is 8.56. The van der Waals surface area contributed by atoms with Crippen molar-refractivity contribution in [3.63, 3.8) is 0 Å². The fourth-order valence-corrected chi connectivity index (χ4v) is 0.658. The molecule has 0 saturated heterocycles. The van der Waals surface area contributed by atoms with Crippen molar-refractivity contribution in [2.75, 3.05) is 43.6 Å². The van der Waals surface area contributed by atoms with E-state index in [2.05, 4.69) is 19.7 Å². The summed E-state index contributed by atoms with van der Waals surface area (Å²) >= 11 is 0. The Hall–Kier alpha value is -2.04. The molecule has 1 rings (SSSR count). The lowest BCUT2D eigenvalue weighted by molar-refractivity contribution is -0.0979. The minimum absolute atomic E-state index is 0.0278. The molecule has 0 radical (unpaired) electrons. The molecule has 0 spiro atoms. The van der Waals surface area contributed by atoms with E-state index in [-0.39, 0.29) is 31.1 Å². The van der Waals surface area contributed by atoms with E-state index in [0.717, 1.165) is 0 Å². The summed E-state index contributed by atoms with van der Waals surface area (Å²) in [7, 11) is 0. The average molecular weight is 262 g/mol. The van der Waals surface area contributed by atoms with Crippen molar-refractivity contribution in [2.24, 2.45) is 0 Å². The van der Waals surface area contributed by atoms with Gasteiger partial charge in [-0.25, -0.2) is 0 Å². The van der Waals surface area contributed by atoms with Crippen LogP contribution in [0.15, 0.2) is 0 Å². The maximum atomic E-state index is 8.09. The Labute approximate surface area is 104 Å². The van der Waals surface area contributed by atoms with E-state index in [1.165, 1.54) is 0 Å². The molecule has 1 aromatic heterocycles. The molecular weight excluding hydrogens is 244 g/mol. The molecule has 1 heterocycles. The minimum Gasteiger partial charge on any atom is -0.394 e. The molecule has 0 aliphatic rings. The first kappa shape index (κ1) is 18.3. The van der Waals surface area contributed by atoms with Crippen LogP contribution in [0.4, 0.5) is 17.8 Å². The Kier molecular flexibility index (Phi) is 13.3. The van der Waals surface area contributed by atoms with Crippen LogP contribution >= 0.6 is 0 Å². The zero-order valence-electron chi connectivity index (χ0n) is 9.82. The highest BCUT2D eigenvalue weighted by Crippen LogP contribution is 1.97. The molecule has 0 aromatic carbocycles. The third-order valence-electron chi connectivity index (χ3n) is 1.16. The third kappa shape index (κ3) is 12.0. The highest BCUT2D eigenvalue weighted by atomic mass is 16.5. The molecule has 0 unspecified atom stereocenters. The molecule has 0 aliphatic carbocycles. The Morgan fingerprint density at radius 3 is 1.39 bits per heavy atom. The predicted molar refractivity (Wildman–Crippen MR) is 65.2 cm³/mol. The number of aliphatic hydroxyl groups is 2. The number of anilines is 3. The summed E-state index contributed by atoms with van der Waals surface area (Å²) in [6.45, 7) is 2.70. The van der Waals surface area contributed by atoms with Crippen molar-refractivity contribution >= 4 is 24.6 Å². The van der Waals surface area contributed by atoms with E-state index in [1.807, 2.05) is 6.79 Å². The number of carbonyl (C=O) groups excluding carboxylic acids is 1. The first-order chi connectivity index (χ1) is 8.60. The van der Waals surface area contributed by atoms with Gasteiger partial charge in [-0.3, -0.25) is 0 Å². The molecule has 0 fully saturated rings. The number of carbonyl (C=O) groups is 1. The van der Waals surface area contributed by atoms with Gasteiger partial charge in [-0.05, 0) is 0 Å². The fourth-order valence-electron chi connectivity index (χ4n) is 0.658. The van der Waals surface area contributed by atoms with Gasteiger partial charge < -0.3 is 36.9 Å². The SMILES string of the molecule is C=O.Nc1nc(N)nc(N)n1.OCCOCCO. The number of hydrogen-bond donors (Lipinski definition) is 5. The first-order valence-corrected chi connectivity index (χ1v) is 4.71. The zero-order chi connectivity index (χ0) is 14.4. The monoisotopic (exact) mass is 262 g/mol. The molecule has 0 bridgehead atoms. The number of hydrogen-bond acceptors (Lipinski definition) is 10. The maximum absolute atomic E-state index is 8.09. The van der Waals surface area contributed by atoms with Gasteiger partial charge in [0, 0.05) is 0 Å². The van der Waals surface area contributed by atoms with E-state index in [4.69, 9.17) is 32.2 Å². The molecule has 18 heavy (non-hydrogen) atoms. The summed E-state index contributed by atoms with van der Waals surface area (Å²) in [5, 5.41) is 16.2. The van der Waals surface area contributed by atoms with E-state index >= 15 is 0 Å². The molecular formula is C8H18N6O4. The van der Waals surface area contributed by atoms with Gasteiger partial charge in [0.05, 0.1) is 26.4 Å². The number of aromatic nitrogens is 3. The highest BCUT2D eigenvalue weighted by molar-refractivity contribution is 5.33. The quantitative estimate of drug-likeness (QED) is 0.361. The van der Waals surface area contributed by atoms with Crippen LogP contribution in [0.2, 0.25) is 0 Å². The van der Waals surface area contributed by atoms with Gasteiger partial charge in [0.25, 0.3) is 0 Å². The topological polar surface area (TPSA) is 183 Å². The maximum Gasteiger partial charge on any atom is 0.226 e. The van der Waals surface area contributed by atoms with E-state index in [9.17, 15) is 0 Å². The number of nitrogens with two attached hydrogens (primary N) is 3. The van der Waals surface area contributed by atoms with Gasteiger partial charge in [-0.1, -0.05) is 0 Å². The Morgan fingerprint density at radius 2 is 1.17 bits per heavy atom. The van der Waals surface area contributed by atoms with Crippen molar-refractivity contribution in [2.45, 2.75) is 0 Å². The largest absolute Gasteiger partial charge is 0.394 e. The second kappa shape index (κ2) is 13.0. The minimum atomic E-state index is 0.0278. The Bertz CT molecular complexity index is 259.